The van der Waals surface area contributed by atoms with Crippen molar-refractivity contribution in [2.45, 2.75) is 40.0 Å². The van der Waals surface area contributed by atoms with Crippen molar-refractivity contribution in [3.05, 3.63) is 59.7 Å². The molecule has 0 nitrogen and oxygen atoms in total. The van der Waals surface area contributed by atoms with Crippen LogP contribution in [0.3, 0.4) is 0 Å². The number of hydrogen-bond acceptors (Lipinski definition) is 0. The van der Waals surface area contributed by atoms with Gasteiger partial charge in [-0.1, -0.05) is 76.2 Å². The van der Waals surface area contributed by atoms with E-state index in [4.69, 9.17) is 0 Å². The Morgan fingerprint density at radius 2 is 1.35 bits per heavy atom. The summed E-state index contributed by atoms with van der Waals surface area (Å²) in [5.74, 6) is 1.19. The van der Waals surface area contributed by atoms with Gasteiger partial charge in [0, 0.05) is 5.92 Å². The van der Waals surface area contributed by atoms with Crippen LogP contribution in [0.15, 0.2) is 48.5 Å². The molecule has 1 atom stereocenters. The molecule has 104 valence electrons. The van der Waals surface area contributed by atoms with Gasteiger partial charge < -0.3 is 0 Å². The summed E-state index contributed by atoms with van der Waals surface area (Å²) in [5.41, 5.74) is 6.23. The van der Waals surface area contributed by atoms with Gasteiger partial charge >= 0.3 is 0 Å². The van der Waals surface area contributed by atoms with Crippen molar-refractivity contribution in [2.75, 3.05) is 0 Å². The first kappa shape index (κ1) is 13.4. The summed E-state index contributed by atoms with van der Waals surface area (Å²) >= 11 is 0. The summed E-state index contributed by atoms with van der Waals surface area (Å²) in [6, 6.07) is 17.9. The summed E-state index contributed by atoms with van der Waals surface area (Å²) in [6.45, 7) is 9.53. The van der Waals surface area contributed by atoms with Crippen molar-refractivity contribution in [3.8, 4) is 11.1 Å². The van der Waals surface area contributed by atoms with Crippen LogP contribution in [0.5, 0.6) is 0 Å². The Morgan fingerprint density at radius 3 is 1.75 bits per heavy atom. The van der Waals surface area contributed by atoms with E-state index in [0.29, 0.717) is 17.3 Å². The van der Waals surface area contributed by atoms with Gasteiger partial charge in [0.1, 0.15) is 0 Å². The van der Waals surface area contributed by atoms with Gasteiger partial charge in [-0.2, -0.15) is 0 Å². The van der Waals surface area contributed by atoms with Gasteiger partial charge in [0.25, 0.3) is 0 Å². The largest absolute Gasteiger partial charge is 0.0648 e. The fraction of sp³-hybridized carbons (Fsp3) is 0.400. The van der Waals surface area contributed by atoms with Crippen molar-refractivity contribution in [1.29, 1.82) is 0 Å². The Kier molecular flexibility index (Phi) is 3.20. The molecule has 0 amide bonds. The maximum atomic E-state index is 2.46. The Bertz CT molecular complexity index is 578. The number of benzene rings is 2. The van der Waals surface area contributed by atoms with E-state index in [1.165, 1.54) is 28.7 Å². The second-order valence-electron chi connectivity index (χ2n) is 6.62. The summed E-state index contributed by atoms with van der Waals surface area (Å²) in [5, 5.41) is 0. The molecule has 0 heteroatoms. The van der Waals surface area contributed by atoms with Crippen LogP contribution in [0, 0.1) is 11.3 Å². The second-order valence-corrected chi connectivity index (χ2v) is 6.62. The molecule has 0 N–H and O–H groups in total. The lowest BCUT2D eigenvalue weighted by molar-refractivity contribution is 0.180. The summed E-state index contributed by atoms with van der Waals surface area (Å²) in [4.78, 5) is 0. The monoisotopic (exact) mass is 264 g/mol. The van der Waals surface area contributed by atoms with Crippen LogP contribution < -0.4 is 0 Å². The lowest BCUT2D eigenvalue weighted by atomic mass is 9.64. The third-order valence-corrected chi connectivity index (χ3v) is 5.57. The predicted molar refractivity (Wildman–Crippen MR) is 87.0 cm³/mol. The van der Waals surface area contributed by atoms with Crippen LogP contribution in [-0.2, 0) is 0 Å². The Morgan fingerprint density at radius 1 is 0.900 bits per heavy atom. The minimum Gasteiger partial charge on any atom is -0.0648 e. The van der Waals surface area contributed by atoms with E-state index in [9.17, 15) is 0 Å². The summed E-state index contributed by atoms with van der Waals surface area (Å²) in [6.07, 6.45) is 1.21. The third-order valence-electron chi connectivity index (χ3n) is 5.57. The zero-order chi connectivity index (χ0) is 14.3. The van der Waals surface area contributed by atoms with Crippen molar-refractivity contribution in [3.63, 3.8) is 0 Å². The van der Waals surface area contributed by atoms with E-state index >= 15 is 0 Å². The molecule has 0 fully saturated rings. The van der Waals surface area contributed by atoms with E-state index in [1.54, 1.807) is 0 Å². The van der Waals surface area contributed by atoms with Crippen LogP contribution in [0.1, 0.15) is 51.2 Å². The van der Waals surface area contributed by atoms with E-state index < -0.39 is 0 Å². The molecule has 1 unspecified atom stereocenters. The molecule has 2 aromatic rings. The van der Waals surface area contributed by atoms with Crippen LogP contribution in [0.4, 0.5) is 0 Å². The highest BCUT2D eigenvalue weighted by molar-refractivity contribution is 5.79. The first-order chi connectivity index (χ1) is 9.59. The minimum atomic E-state index is 0.308. The molecule has 1 aliphatic carbocycles. The maximum Gasteiger partial charge on any atom is 0.0158 e. The average Bonchev–Trinajstić information content (AvgIpc) is 2.81. The van der Waals surface area contributed by atoms with E-state index in [1.807, 2.05) is 0 Å². The fourth-order valence-corrected chi connectivity index (χ4v) is 3.81. The topological polar surface area (TPSA) is 0 Å². The molecule has 0 aliphatic heterocycles. The highest BCUT2D eigenvalue weighted by atomic mass is 14.5. The molecule has 0 heterocycles. The molecule has 0 spiro atoms. The van der Waals surface area contributed by atoms with Gasteiger partial charge in [0.05, 0.1) is 0 Å². The van der Waals surface area contributed by atoms with Crippen molar-refractivity contribution >= 4 is 0 Å². The molecule has 0 saturated carbocycles. The van der Waals surface area contributed by atoms with Gasteiger partial charge in [-0.05, 0) is 40.0 Å². The molecule has 1 aliphatic rings. The normalized spacial score (nSPS) is 16.9. The molecular weight excluding hydrogens is 240 g/mol. The third kappa shape index (κ3) is 1.74. The molecule has 0 radical (unpaired) electrons. The molecular formula is C20H24. The van der Waals surface area contributed by atoms with Gasteiger partial charge in [-0.15, -0.1) is 0 Å². The summed E-state index contributed by atoms with van der Waals surface area (Å²) in [7, 11) is 0. The fourth-order valence-electron chi connectivity index (χ4n) is 3.81. The molecule has 2 aromatic carbocycles. The quantitative estimate of drug-likeness (QED) is 0.650. The predicted octanol–water partition coefficient (Wildman–Crippen LogP) is 5.87. The SMILES string of the molecule is CCC(C)(C(C)C)C1c2ccccc2-c2ccccc21. The molecule has 0 aromatic heterocycles. The van der Waals surface area contributed by atoms with Gasteiger partial charge in [0.2, 0.25) is 0 Å². The first-order valence-electron chi connectivity index (χ1n) is 7.77. The van der Waals surface area contributed by atoms with E-state index in [-0.39, 0.29) is 0 Å². The van der Waals surface area contributed by atoms with Crippen LogP contribution in [0.25, 0.3) is 11.1 Å². The second kappa shape index (κ2) is 4.77. The smallest absolute Gasteiger partial charge is 0.0158 e. The molecule has 0 saturated heterocycles. The molecule has 3 rings (SSSR count). The zero-order valence-electron chi connectivity index (χ0n) is 13.0. The first-order valence-corrected chi connectivity index (χ1v) is 7.77. The molecule has 20 heavy (non-hydrogen) atoms. The van der Waals surface area contributed by atoms with Crippen LogP contribution in [0.2, 0.25) is 0 Å². The Labute approximate surface area is 122 Å². The van der Waals surface area contributed by atoms with Gasteiger partial charge in [0.15, 0.2) is 0 Å². The lowest BCUT2D eigenvalue weighted by Crippen LogP contribution is -2.30. The van der Waals surface area contributed by atoms with Crippen LogP contribution in [-0.4, -0.2) is 0 Å². The van der Waals surface area contributed by atoms with Crippen molar-refractivity contribution < 1.29 is 0 Å². The minimum absolute atomic E-state index is 0.308. The highest BCUT2D eigenvalue weighted by Crippen LogP contribution is 2.56. The Hall–Kier alpha value is -1.56. The zero-order valence-corrected chi connectivity index (χ0v) is 13.0. The maximum absolute atomic E-state index is 2.46. The van der Waals surface area contributed by atoms with Gasteiger partial charge in [-0.3, -0.25) is 0 Å². The number of hydrogen-bond donors (Lipinski definition) is 0. The summed E-state index contributed by atoms with van der Waals surface area (Å²) < 4.78 is 0. The van der Waals surface area contributed by atoms with E-state index in [0.717, 1.165) is 0 Å². The highest BCUT2D eigenvalue weighted by Gasteiger charge is 2.42. The number of rotatable bonds is 3. The van der Waals surface area contributed by atoms with Crippen molar-refractivity contribution in [1.82, 2.24) is 0 Å². The number of fused-ring (bicyclic) bond motifs is 3. The van der Waals surface area contributed by atoms with E-state index in [2.05, 4.69) is 76.2 Å². The molecule has 0 bridgehead atoms. The Balaban J connectivity index is 2.26. The standard InChI is InChI=1S/C20H24/c1-5-20(4,14(2)3)19-17-12-8-6-10-15(17)16-11-7-9-13-18(16)19/h6-14,19H,5H2,1-4H3. The average molecular weight is 264 g/mol. The van der Waals surface area contributed by atoms with Crippen molar-refractivity contribution in [2.24, 2.45) is 11.3 Å². The van der Waals surface area contributed by atoms with Crippen LogP contribution >= 0.6 is 0 Å². The van der Waals surface area contributed by atoms with Gasteiger partial charge in [-0.25, -0.2) is 0 Å². The lowest BCUT2D eigenvalue weighted by Gasteiger charge is -2.40.